The van der Waals surface area contributed by atoms with Gasteiger partial charge in [-0.3, -0.25) is 0 Å². The molecule has 2 aromatic rings. The molecule has 94 valence electrons. The summed E-state index contributed by atoms with van der Waals surface area (Å²) in [7, 11) is 2.85. The van der Waals surface area contributed by atoms with E-state index in [1.807, 2.05) is 0 Å². The lowest BCUT2D eigenvalue weighted by molar-refractivity contribution is -0.255. The first-order valence-electron chi connectivity index (χ1n) is 4.88. The molecule has 0 amide bonds. The lowest BCUT2D eigenvalue weighted by atomic mass is 10.1. The van der Waals surface area contributed by atoms with Gasteiger partial charge < -0.3 is 19.4 Å². The average Bonchev–Trinajstić information content (AvgIpc) is 2.90. The molecule has 0 saturated carbocycles. The molecular weight excluding hydrogens is 240 g/mol. The Bertz CT molecular complexity index is 568. The van der Waals surface area contributed by atoms with Crippen LogP contribution in [-0.2, 0) is 0 Å². The maximum Gasteiger partial charge on any atom is 0.162 e. The van der Waals surface area contributed by atoms with Crippen LogP contribution in [0.25, 0.3) is 5.69 Å². The predicted octanol–water partition coefficient (Wildman–Crippen LogP) is -0.957. The van der Waals surface area contributed by atoms with Gasteiger partial charge in [0.1, 0.15) is 6.33 Å². The number of carbonyl (C=O) groups is 1. The molecule has 0 unspecified atom stereocenters. The first kappa shape index (κ1) is 11.8. The maximum atomic E-state index is 11.1. The van der Waals surface area contributed by atoms with Crippen LogP contribution in [0, 0.1) is 0 Å². The van der Waals surface area contributed by atoms with Gasteiger partial charge in [0, 0.05) is 11.6 Å². The van der Waals surface area contributed by atoms with E-state index in [0.29, 0.717) is 5.75 Å². The van der Waals surface area contributed by atoms with Crippen LogP contribution in [0.15, 0.2) is 18.5 Å². The smallest absolute Gasteiger partial charge is 0.162 e. The molecule has 8 nitrogen and oxygen atoms in total. The summed E-state index contributed by atoms with van der Waals surface area (Å²) in [6.07, 6.45) is 1.27. The van der Waals surface area contributed by atoms with Crippen molar-refractivity contribution in [3.63, 3.8) is 0 Å². The number of aromatic carboxylic acids is 1. The molecule has 0 spiro atoms. The van der Waals surface area contributed by atoms with Crippen LogP contribution in [0.4, 0.5) is 0 Å². The molecule has 1 aromatic heterocycles. The van der Waals surface area contributed by atoms with Crippen LogP contribution >= 0.6 is 0 Å². The molecule has 18 heavy (non-hydrogen) atoms. The number of nitrogens with zero attached hydrogens (tertiary/aromatic N) is 4. The second kappa shape index (κ2) is 4.70. The number of aromatic nitrogens is 4. The molecule has 1 aromatic carbocycles. The number of carbonyl (C=O) groups excluding carboxylic acids is 1. The average molecular weight is 249 g/mol. The zero-order chi connectivity index (χ0) is 13.1. The highest BCUT2D eigenvalue weighted by atomic mass is 16.5. The fourth-order valence-corrected chi connectivity index (χ4v) is 1.49. The zero-order valence-electron chi connectivity index (χ0n) is 9.65. The Labute approximate surface area is 102 Å². The lowest BCUT2D eigenvalue weighted by Crippen LogP contribution is -2.24. The minimum atomic E-state index is -1.36. The zero-order valence-corrected chi connectivity index (χ0v) is 9.65. The largest absolute Gasteiger partial charge is 0.545 e. The van der Waals surface area contributed by atoms with Crippen molar-refractivity contribution in [2.45, 2.75) is 0 Å². The second-order valence-electron chi connectivity index (χ2n) is 3.27. The third kappa shape index (κ3) is 1.95. The van der Waals surface area contributed by atoms with Crippen LogP contribution in [0.3, 0.4) is 0 Å². The van der Waals surface area contributed by atoms with Crippen molar-refractivity contribution in [2.24, 2.45) is 0 Å². The van der Waals surface area contributed by atoms with Crippen LogP contribution in [0.2, 0.25) is 0 Å². The molecule has 0 aliphatic rings. The van der Waals surface area contributed by atoms with E-state index in [2.05, 4.69) is 15.5 Å². The summed E-state index contributed by atoms with van der Waals surface area (Å²) in [5, 5.41) is 21.6. The molecule has 0 N–H and O–H groups in total. The van der Waals surface area contributed by atoms with Gasteiger partial charge in [-0.05, 0) is 16.5 Å². The molecule has 0 fully saturated rings. The van der Waals surface area contributed by atoms with Crippen LogP contribution < -0.4 is 14.6 Å². The van der Waals surface area contributed by atoms with E-state index in [-0.39, 0.29) is 17.0 Å². The number of tetrazole rings is 1. The number of rotatable bonds is 4. The van der Waals surface area contributed by atoms with Gasteiger partial charge in [-0.1, -0.05) is 0 Å². The van der Waals surface area contributed by atoms with Crippen LogP contribution in [-0.4, -0.2) is 40.4 Å². The molecule has 0 atom stereocenters. The summed E-state index contributed by atoms with van der Waals surface area (Å²) >= 11 is 0. The van der Waals surface area contributed by atoms with Gasteiger partial charge in [-0.2, -0.15) is 4.68 Å². The topological polar surface area (TPSA) is 102 Å². The second-order valence-corrected chi connectivity index (χ2v) is 3.27. The van der Waals surface area contributed by atoms with Crippen molar-refractivity contribution >= 4 is 5.97 Å². The molecule has 2 rings (SSSR count). The van der Waals surface area contributed by atoms with Gasteiger partial charge in [0.15, 0.2) is 11.5 Å². The highest BCUT2D eigenvalue weighted by Gasteiger charge is 2.14. The molecule has 0 saturated heterocycles. The van der Waals surface area contributed by atoms with E-state index in [4.69, 9.17) is 9.47 Å². The van der Waals surface area contributed by atoms with Crippen LogP contribution in [0.1, 0.15) is 10.4 Å². The normalized spacial score (nSPS) is 10.1. The van der Waals surface area contributed by atoms with E-state index in [0.717, 1.165) is 0 Å². The third-order valence-electron chi connectivity index (χ3n) is 2.32. The molecule has 8 heteroatoms. The SMILES string of the molecule is COc1cc(C(=O)[O-])c(-n2cnnn2)cc1OC. The molecular formula is C10H9N4O4-. The van der Waals surface area contributed by atoms with Gasteiger partial charge in [0.05, 0.1) is 25.9 Å². The Morgan fingerprint density at radius 1 is 1.28 bits per heavy atom. The summed E-state index contributed by atoms with van der Waals surface area (Å²) in [5.74, 6) is -0.706. The fraction of sp³-hybridized carbons (Fsp3) is 0.200. The van der Waals surface area contributed by atoms with Crippen molar-refractivity contribution in [1.82, 2.24) is 20.2 Å². The van der Waals surface area contributed by atoms with Crippen molar-refractivity contribution in [1.29, 1.82) is 0 Å². The fourth-order valence-electron chi connectivity index (χ4n) is 1.49. The number of methoxy groups -OCH3 is 2. The summed E-state index contributed by atoms with van der Waals surface area (Å²) in [6, 6.07) is 2.76. The number of ether oxygens (including phenoxy) is 2. The number of hydrogen-bond acceptors (Lipinski definition) is 7. The maximum absolute atomic E-state index is 11.1. The van der Waals surface area contributed by atoms with E-state index < -0.39 is 5.97 Å². The number of benzene rings is 1. The van der Waals surface area contributed by atoms with Gasteiger partial charge in [-0.25, -0.2) is 0 Å². The van der Waals surface area contributed by atoms with E-state index in [9.17, 15) is 9.90 Å². The van der Waals surface area contributed by atoms with Crippen molar-refractivity contribution < 1.29 is 19.4 Å². The first-order chi connectivity index (χ1) is 8.67. The monoisotopic (exact) mass is 249 g/mol. The van der Waals surface area contributed by atoms with Gasteiger partial charge in [-0.15, -0.1) is 5.10 Å². The third-order valence-corrected chi connectivity index (χ3v) is 2.32. The predicted molar refractivity (Wildman–Crippen MR) is 56.6 cm³/mol. The number of hydrogen-bond donors (Lipinski definition) is 0. The summed E-state index contributed by atoms with van der Waals surface area (Å²) in [4.78, 5) is 11.1. The Balaban J connectivity index is 2.66. The summed E-state index contributed by atoms with van der Waals surface area (Å²) in [6.45, 7) is 0. The summed E-state index contributed by atoms with van der Waals surface area (Å²) < 4.78 is 11.3. The molecule has 1 heterocycles. The Morgan fingerprint density at radius 3 is 2.44 bits per heavy atom. The Morgan fingerprint density at radius 2 is 1.94 bits per heavy atom. The molecule has 0 radical (unpaired) electrons. The molecule has 0 aliphatic carbocycles. The first-order valence-corrected chi connectivity index (χ1v) is 4.88. The standard InChI is InChI=1S/C10H10N4O4/c1-17-8-3-6(10(15)16)7(4-9(8)18-2)14-5-11-12-13-14/h3-5H,1-2H3,(H,15,16)/p-1. The van der Waals surface area contributed by atoms with E-state index in [1.54, 1.807) is 0 Å². The quantitative estimate of drug-likeness (QED) is 0.687. The van der Waals surface area contributed by atoms with Gasteiger partial charge in [0.2, 0.25) is 0 Å². The molecule has 0 aliphatic heterocycles. The van der Waals surface area contributed by atoms with E-state index >= 15 is 0 Å². The minimum Gasteiger partial charge on any atom is -0.545 e. The van der Waals surface area contributed by atoms with Crippen molar-refractivity contribution in [2.75, 3.05) is 14.2 Å². The van der Waals surface area contributed by atoms with Crippen LogP contribution in [0.5, 0.6) is 11.5 Å². The van der Waals surface area contributed by atoms with Crippen molar-refractivity contribution in [3.05, 3.63) is 24.0 Å². The highest BCUT2D eigenvalue weighted by Crippen LogP contribution is 2.31. The minimum absolute atomic E-state index is 0.0973. The molecule has 0 bridgehead atoms. The van der Waals surface area contributed by atoms with Gasteiger partial charge in [0.25, 0.3) is 0 Å². The lowest BCUT2D eigenvalue weighted by Gasteiger charge is -2.14. The number of carboxylic acids is 1. The Kier molecular flexibility index (Phi) is 3.09. The van der Waals surface area contributed by atoms with Gasteiger partial charge >= 0.3 is 0 Å². The van der Waals surface area contributed by atoms with Crippen molar-refractivity contribution in [3.8, 4) is 17.2 Å². The summed E-state index contributed by atoms with van der Waals surface area (Å²) in [5.41, 5.74) is 0.137. The Hall–Kier alpha value is -2.64. The number of carboxylic acid groups (broad SMARTS) is 1. The highest BCUT2D eigenvalue weighted by molar-refractivity contribution is 5.91. The van der Waals surface area contributed by atoms with E-state index in [1.165, 1.54) is 37.4 Å².